The largest absolute Gasteiger partial charge is 0.480 e. The van der Waals surface area contributed by atoms with E-state index >= 15 is 0 Å². The topological polar surface area (TPSA) is 179 Å². The predicted molar refractivity (Wildman–Crippen MR) is 176 cm³/mol. The number of carboxylic acids is 1. The Balaban J connectivity index is 1.33. The average Bonchev–Trinajstić information content (AvgIpc) is 3.43. The molecule has 5 N–H and O–H groups in total. The van der Waals surface area contributed by atoms with Gasteiger partial charge in [0, 0.05) is 32.4 Å². The number of amides is 3. The van der Waals surface area contributed by atoms with Gasteiger partial charge in [-0.25, -0.2) is 18.2 Å². The number of nitrogens with zero attached hydrogens (tertiary/aromatic N) is 2. The molecule has 47 heavy (non-hydrogen) atoms. The lowest BCUT2D eigenvalue weighted by atomic mass is 10.1. The summed E-state index contributed by atoms with van der Waals surface area (Å²) in [5.74, 6) is -1.40. The molecule has 3 amide bonds. The van der Waals surface area contributed by atoms with Gasteiger partial charge in [0.1, 0.15) is 18.5 Å². The van der Waals surface area contributed by atoms with E-state index in [0.29, 0.717) is 36.5 Å². The van der Waals surface area contributed by atoms with Crippen molar-refractivity contribution in [3.05, 3.63) is 88.6 Å². The van der Waals surface area contributed by atoms with E-state index in [1.165, 1.54) is 0 Å². The number of aromatic nitrogens is 1. The Labute approximate surface area is 275 Å². The molecule has 0 spiro atoms. The predicted octanol–water partition coefficient (Wildman–Crippen LogP) is 2.64. The molecule has 13 nitrogen and oxygen atoms in total. The minimum absolute atomic E-state index is 0.00443. The van der Waals surface area contributed by atoms with Gasteiger partial charge in [-0.3, -0.25) is 9.59 Å². The number of urea groups is 1. The van der Waals surface area contributed by atoms with Crippen LogP contribution in [0.15, 0.2) is 65.7 Å². The van der Waals surface area contributed by atoms with Crippen LogP contribution in [0.25, 0.3) is 0 Å². The number of carboxylic acid groups (broad SMARTS) is 1. The number of benzene rings is 2. The van der Waals surface area contributed by atoms with Gasteiger partial charge < -0.3 is 30.7 Å². The maximum absolute atomic E-state index is 13.2. The molecule has 14 heteroatoms. The molecular formula is C33H42N6O7S. The molecule has 3 atom stereocenters. The number of aryl methyl sites for hydroxylation is 4. The molecule has 1 saturated heterocycles. The molecule has 1 aromatic heterocycles. The van der Waals surface area contributed by atoms with Crippen LogP contribution in [0.4, 0.5) is 10.6 Å². The second-order valence-electron chi connectivity index (χ2n) is 11.8. The minimum Gasteiger partial charge on any atom is -0.480 e. The van der Waals surface area contributed by atoms with Crippen molar-refractivity contribution in [2.75, 3.05) is 31.6 Å². The zero-order valence-electron chi connectivity index (χ0n) is 26.9. The van der Waals surface area contributed by atoms with Crippen LogP contribution < -0.4 is 20.7 Å². The molecule has 0 bridgehead atoms. The van der Waals surface area contributed by atoms with Gasteiger partial charge in [-0.1, -0.05) is 53.6 Å². The Morgan fingerprint density at radius 3 is 2.34 bits per heavy atom. The van der Waals surface area contributed by atoms with Crippen molar-refractivity contribution < 1.29 is 32.6 Å². The van der Waals surface area contributed by atoms with Crippen LogP contribution in [0.5, 0.6) is 0 Å². The van der Waals surface area contributed by atoms with Crippen LogP contribution in [0.3, 0.4) is 0 Å². The van der Waals surface area contributed by atoms with Gasteiger partial charge >= 0.3 is 12.0 Å². The van der Waals surface area contributed by atoms with Crippen molar-refractivity contribution in [1.82, 2.24) is 25.2 Å². The van der Waals surface area contributed by atoms with Crippen molar-refractivity contribution in [2.24, 2.45) is 0 Å². The number of carbonyl (C=O) groups is 3. The third-order valence-corrected chi connectivity index (χ3v) is 9.58. The van der Waals surface area contributed by atoms with Gasteiger partial charge in [-0.2, -0.15) is 4.72 Å². The summed E-state index contributed by atoms with van der Waals surface area (Å²) in [5, 5.41) is 18.3. The number of likely N-dealkylation sites (tertiary alicyclic amines) is 1. The van der Waals surface area contributed by atoms with Gasteiger partial charge in [0.15, 0.2) is 0 Å². The van der Waals surface area contributed by atoms with Crippen LogP contribution in [0, 0.1) is 27.7 Å². The number of pyridine rings is 1. The first-order valence-electron chi connectivity index (χ1n) is 15.3. The molecule has 0 radical (unpaired) electrons. The number of hydrogen-bond donors (Lipinski definition) is 5. The van der Waals surface area contributed by atoms with Gasteiger partial charge in [0.05, 0.1) is 17.0 Å². The third kappa shape index (κ3) is 9.98. The molecule has 0 aliphatic carbocycles. The van der Waals surface area contributed by atoms with Crippen molar-refractivity contribution in [1.29, 1.82) is 0 Å². The van der Waals surface area contributed by atoms with Gasteiger partial charge in [0.25, 0.3) is 0 Å². The van der Waals surface area contributed by atoms with Crippen LogP contribution >= 0.6 is 0 Å². The number of sulfonamides is 1. The monoisotopic (exact) mass is 666 g/mol. The summed E-state index contributed by atoms with van der Waals surface area (Å²) in [6.07, 6.45) is 1.64. The number of hydrogen-bond acceptors (Lipinski definition) is 8. The SMILES string of the molecule is Cc1ccc(CNC(=O)N2CC(OCC(=O)NCC(NS(=O)(=O)c3c(C)cc(C)cc3C)C(=O)O)CC2CNc2ccccn2)cc1. The zero-order valence-corrected chi connectivity index (χ0v) is 27.8. The molecule has 1 fully saturated rings. The van der Waals surface area contributed by atoms with Gasteiger partial charge in [-0.05, 0) is 62.9 Å². The van der Waals surface area contributed by atoms with Crippen LogP contribution in [-0.2, 0) is 30.9 Å². The highest BCUT2D eigenvalue weighted by atomic mass is 32.2. The van der Waals surface area contributed by atoms with E-state index in [4.69, 9.17) is 4.74 Å². The molecule has 2 heterocycles. The van der Waals surface area contributed by atoms with Crippen molar-refractivity contribution >= 4 is 33.7 Å². The fourth-order valence-corrected chi connectivity index (χ4v) is 7.23. The Hall–Kier alpha value is -4.53. The summed E-state index contributed by atoms with van der Waals surface area (Å²) in [6, 6.07) is 14.6. The Bertz CT molecular complexity index is 1650. The molecule has 2 aromatic carbocycles. The number of rotatable bonds is 14. The van der Waals surface area contributed by atoms with E-state index < -0.39 is 47.2 Å². The summed E-state index contributed by atoms with van der Waals surface area (Å²) in [6.45, 7) is 7.20. The number of ether oxygens (including phenoxy) is 1. The minimum atomic E-state index is -4.19. The van der Waals surface area contributed by atoms with Gasteiger partial charge in [-0.15, -0.1) is 0 Å². The number of nitrogens with one attached hydrogen (secondary N) is 4. The number of aliphatic carboxylic acids is 1. The lowest BCUT2D eigenvalue weighted by Gasteiger charge is -2.25. The van der Waals surface area contributed by atoms with Crippen molar-refractivity contribution in [2.45, 2.75) is 63.7 Å². The highest BCUT2D eigenvalue weighted by molar-refractivity contribution is 7.89. The second kappa shape index (κ2) is 15.8. The van der Waals surface area contributed by atoms with E-state index in [-0.39, 0.29) is 23.5 Å². The second-order valence-corrected chi connectivity index (χ2v) is 13.4. The molecule has 252 valence electrons. The zero-order chi connectivity index (χ0) is 34.1. The highest BCUT2D eigenvalue weighted by Gasteiger charge is 2.36. The maximum atomic E-state index is 13.2. The first-order chi connectivity index (χ1) is 22.3. The van der Waals surface area contributed by atoms with Crippen LogP contribution in [-0.4, -0.2) is 85.7 Å². The number of anilines is 1. The van der Waals surface area contributed by atoms with Crippen LogP contribution in [0.1, 0.15) is 34.2 Å². The summed E-state index contributed by atoms with van der Waals surface area (Å²) in [4.78, 5) is 43.8. The standard InChI is InChI=1S/C33H42N6O7S/c1-21-8-10-25(11-9-21)16-37-33(43)39-19-27(15-26(39)17-35-29-7-5-6-12-34-29)46-20-30(40)36-18-28(32(41)42)38-47(44,45)31-23(3)13-22(2)14-24(31)4/h5-14,26-28,38H,15-20H2,1-4H3,(H,34,35)(H,36,40)(H,37,43)(H,41,42). The highest BCUT2D eigenvalue weighted by Crippen LogP contribution is 2.23. The van der Waals surface area contributed by atoms with Crippen LogP contribution in [0.2, 0.25) is 0 Å². The average molecular weight is 667 g/mol. The Kier molecular flexibility index (Phi) is 11.9. The maximum Gasteiger partial charge on any atom is 0.323 e. The third-order valence-electron chi connectivity index (χ3n) is 7.81. The molecule has 1 aliphatic rings. The Morgan fingerprint density at radius 2 is 1.70 bits per heavy atom. The van der Waals surface area contributed by atoms with E-state index in [9.17, 15) is 27.9 Å². The summed E-state index contributed by atoms with van der Waals surface area (Å²) in [5.41, 5.74) is 3.93. The summed E-state index contributed by atoms with van der Waals surface area (Å²) >= 11 is 0. The van der Waals surface area contributed by atoms with E-state index in [1.807, 2.05) is 50.2 Å². The smallest absolute Gasteiger partial charge is 0.323 e. The molecule has 0 saturated carbocycles. The van der Waals surface area contributed by atoms with E-state index in [2.05, 4.69) is 25.7 Å². The fraction of sp³-hybridized carbons (Fsp3) is 0.394. The molecular weight excluding hydrogens is 624 g/mol. The lowest BCUT2D eigenvalue weighted by molar-refractivity contribution is -0.139. The van der Waals surface area contributed by atoms with Crippen molar-refractivity contribution in [3.8, 4) is 0 Å². The van der Waals surface area contributed by atoms with E-state index in [1.54, 1.807) is 43.1 Å². The molecule has 1 aliphatic heterocycles. The quantitative estimate of drug-likeness (QED) is 0.173. The van der Waals surface area contributed by atoms with Crippen molar-refractivity contribution in [3.63, 3.8) is 0 Å². The fourth-order valence-electron chi connectivity index (χ4n) is 5.59. The number of carbonyl (C=O) groups excluding carboxylic acids is 2. The molecule has 3 unspecified atom stereocenters. The summed E-state index contributed by atoms with van der Waals surface area (Å²) < 4.78 is 34.2. The lowest BCUT2D eigenvalue weighted by Crippen LogP contribution is -2.49. The normalized spacial score (nSPS) is 16.8. The Morgan fingerprint density at radius 1 is 1.00 bits per heavy atom. The molecule has 4 rings (SSSR count). The first kappa shape index (κ1) is 35.3. The van der Waals surface area contributed by atoms with E-state index in [0.717, 1.165) is 16.7 Å². The summed E-state index contributed by atoms with van der Waals surface area (Å²) in [7, 11) is -4.19. The van der Waals surface area contributed by atoms with Gasteiger partial charge in [0.2, 0.25) is 15.9 Å². The molecule has 3 aromatic rings. The first-order valence-corrected chi connectivity index (χ1v) is 16.8.